The second-order valence-corrected chi connectivity index (χ2v) is 6.85. The molecule has 2 aliphatic carbocycles. The molecule has 104 valence electrons. The van der Waals surface area contributed by atoms with Crippen molar-refractivity contribution >= 4 is 5.97 Å². The molecule has 0 amide bonds. The fraction of sp³-hybridized carbons (Fsp3) is 0.800. The van der Waals surface area contributed by atoms with Crippen LogP contribution >= 0.6 is 0 Å². The van der Waals surface area contributed by atoms with Crippen molar-refractivity contribution in [2.45, 2.75) is 57.0 Å². The maximum absolute atomic E-state index is 11.9. The van der Waals surface area contributed by atoms with E-state index in [0.717, 1.165) is 18.4 Å². The first kappa shape index (κ1) is 11.9. The molecule has 2 aliphatic heterocycles. The minimum absolute atomic E-state index is 0.0221. The Kier molecular flexibility index (Phi) is 2.03. The van der Waals surface area contributed by atoms with Crippen LogP contribution in [0.4, 0.5) is 0 Å². The lowest BCUT2D eigenvalue weighted by atomic mass is 9.77. The number of aliphatic hydroxyl groups excluding tert-OH is 1. The molecule has 4 heteroatoms. The SMILES string of the molecule is CC1=CC(O)C23OC2(C)CCC2C(C)C(=O)OC2C13. The molecule has 4 nitrogen and oxygen atoms in total. The fourth-order valence-corrected chi connectivity index (χ4v) is 4.82. The van der Waals surface area contributed by atoms with Crippen LogP contribution in [-0.4, -0.2) is 34.5 Å². The average Bonchev–Trinajstić information content (AvgIpc) is 2.77. The summed E-state index contributed by atoms with van der Waals surface area (Å²) in [6.07, 6.45) is 3.02. The predicted octanol–water partition coefficient (Wildman–Crippen LogP) is 1.42. The van der Waals surface area contributed by atoms with Crippen LogP contribution in [0.1, 0.15) is 33.6 Å². The highest BCUT2D eigenvalue weighted by atomic mass is 16.6. The lowest BCUT2D eigenvalue weighted by Crippen LogP contribution is -2.43. The van der Waals surface area contributed by atoms with Crippen molar-refractivity contribution in [3.63, 3.8) is 0 Å². The molecule has 7 atom stereocenters. The Balaban J connectivity index is 1.81. The van der Waals surface area contributed by atoms with Gasteiger partial charge in [-0.25, -0.2) is 0 Å². The van der Waals surface area contributed by atoms with E-state index >= 15 is 0 Å². The predicted molar refractivity (Wildman–Crippen MR) is 67.2 cm³/mol. The first-order valence-corrected chi connectivity index (χ1v) is 7.18. The molecule has 1 N–H and O–H groups in total. The second-order valence-electron chi connectivity index (χ2n) is 6.85. The minimum atomic E-state index is -0.573. The third-order valence-electron chi connectivity index (χ3n) is 5.96. The Morgan fingerprint density at radius 3 is 2.95 bits per heavy atom. The summed E-state index contributed by atoms with van der Waals surface area (Å²) in [5.74, 6) is 0.155. The van der Waals surface area contributed by atoms with Crippen molar-refractivity contribution in [1.29, 1.82) is 0 Å². The van der Waals surface area contributed by atoms with Crippen LogP contribution in [0.3, 0.4) is 0 Å². The van der Waals surface area contributed by atoms with Crippen LogP contribution in [0, 0.1) is 17.8 Å². The van der Waals surface area contributed by atoms with Crippen molar-refractivity contribution in [2.75, 3.05) is 0 Å². The zero-order valence-corrected chi connectivity index (χ0v) is 11.6. The van der Waals surface area contributed by atoms with E-state index in [0.29, 0.717) is 0 Å². The van der Waals surface area contributed by atoms with Gasteiger partial charge in [0, 0.05) is 5.92 Å². The van der Waals surface area contributed by atoms with Gasteiger partial charge in [0.05, 0.1) is 17.4 Å². The molecule has 2 saturated heterocycles. The standard InChI is InChI=1S/C15H20O4/c1-7-6-10(16)15-11(7)12-9(8(2)13(17)18-12)4-5-14(15,3)19-15/h6,8-12,16H,4-5H2,1-3H3. The molecule has 7 unspecified atom stereocenters. The van der Waals surface area contributed by atoms with Crippen LogP contribution in [-0.2, 0) is 14.3 Å². The second kappa shape index (κ2) is 3.23. The third-order valence-corrected chi connectivity index (χ3v) is 5.96. The molecule has 0 aromatic heterocycles. The molecule has 0 aromatic rings. The normalized spacial score (nSPS) is 58.6. The van der Waals surface area contributed by atoms with Crippen LogP contribution in [0.15, 0.2) is 11.6 Å². The number of aliphatic hydroxyl groups is 1. The number of hydrogen-bond donors (Lipinski definition) is 1. The van der Waals surface area contributed by atoms with E-state index in [1.165, 1.54) is 0 Å². The van der Waals surface area contributed by atoms with Gasteiger partial charge in [-0.3, -0.25) is 4.79 Å². The summed E-state index contributed by atoms with van der Waals surface area (Å²) in [4.78, 5) is 11.9. The van der Waals surface area contributed by atoms with E-state index in [2.05, 4.69) is 6.92 Å². The number of esters is 1. The Morgan fingerprint density at radius 2 is 2.21 bits per heavy atom. The van der Waals surface area contributed by atoms with Crippen LogP contribution in [0.25, 0.3) is 0 Å². The minimum Gasteiger partial charge on any atom is -0.461 e. The average molecular weight is 264 g/mol. The van der Waals surface area contributed by atoms with Crippen molar-refractivity contribution in [3.8, 4) is 0 Å². The Morgan fingerprint density at radius 1 is 1.47 bits per heavy atom. The van der Waals surface area contributed by atoms with Gasteiger partial charge < -0.3 is 14.6 Å². The van der Waals surface area contributed by atoms with Gasteiger partial charge in [0.1, 0.15) is 17.8 Å². The number of epoxide rings is 1. The smallest absolute Gasteiger partial charge is 0.309 e. The molecular formula is C15H20O4. The molecular weight excluding hydrogens is 244 g/mol. The number of carbonyl (C=O) groups excluding carboxylic acids is 1. The zero-order valence-electron chi connectivity index (χ0n) is 11.6. The summed E-state index contributed by atoms with van der Waals surface area (Å²) in [6.45, 7) is 6.07. The summed E-state index contributed by atoms with van der Waals surface area (Å²) in [7, 11) is 0. The summed E-state index contributed by atoms with van der Waals surface area (Å²) < 4.78 is 11.7. The van der Waals surface area contributed by atoms with Gasteiger partial charge in [0.2, 0.25) is 0 Å². The highest BCUT2D eigenvalue weighted by molar-refractivity contribution is 5.75. The number of carbonyl (C=O) groups is 1. The van der Waals surface area contributed by atoms with Crippen LogP contribution in [0.2, 0.25) is 0 Å². The Hall–Kier alpha value is -0.870. The topological polar surface area (TPSA) is 59.1 Å². The number of fused-ring (bicyclic) bond motifs is 2. The molecule has 3 fully saturated rings. The molecule has 1 spiro atoms. The highest BCUT2D eigenvalue weighted by Gasteiger charge is 2.79. The van der Waals surface area contributed by atoms with E-state index in [9.17, 15) is 9.90 Å². The lowest BCUT2D eigenvalue weighted by Gasteiger charge is -2.28. The molecule has 2 heterocycles. The quantitative estimate of drug-likeness (QED) is 0.408. The molecule has 19 heavy (non-hydrogen) atoms. The van der Waals surface area contributed by atoms with Gasteiger partial charge in [-0.15, -0.1) is 0 Å². The maximum atomic E-state index is 11.9. The molecule has 0 aromatic carbocycles. The van der Waals surface area contributed by atoms with Crippen LogP contribution in [0.5, 0.6) is 0 Å². The van der Waals surface area contributed by atoms with Gasteiger partial charge in [0.25, 0.3) is 0 Å². The highest BCUT2D eigenvalue weighted by Crippen LogP contribution is 2.67. The number of hydrogen-bond acceptors (Lipinski definition) is 4. The van der Waals surface area contributed by atoms with Crippen LogP contribution < -0.4 is 0 Å². The molecule has 4 aliphatic rings. The lowest BCUT2D eigenvalue weighted by molar-refractivity contribution is -0.146. The van der Waals surface area contributed by atoms with Gasteiger partial charge in [-0.1, -0.05) is 18.6 Å². The summed E-state index contributed by atoms with van der Waals surface area (Å²) in [5, 5.41) is 10.4. The number of rotatable bonds is 0. The number of ether oxygens (including phenoxy) is 2. The van der Waals surface area contributed by atoms with Crippen molar-refractivity contribution < 1.29 is 19.4 Å². The third kappa shape index (κ3) is 1.16. The van der Waals surface area contributed by atoms with E-state index in [4.69, 9.17) is 9.47 Å². The Bertz CT molecular complexity index is 498. The first-order chi connectivity index (χ1) is 8.91. The van der Waals surface area contributed by atoms with Gasteiger partial charge in [0.15, 0.2) is 0 Å². The fourth-order valence-electron chi connectivity index (χ4n) is 4.82. The summed E-state index contributed by atoms with van der Waals surface area (Å²) in [5.41, 5.74) is 0.304. The van der Waals surface area contributed by atoms with Gasteiger partial charge >= 0.3 is 5.97 Å². The van der Waals surface area contributed by atoms with E-state index < -0.39 is 11.7 Å². The van der Waals surface area contributed by atoms with E-state index in [1.807, 2.05) is 19.9 Å². The van der Waals surface area contributed by atoms with Gasteiger partial charge in [-0.2, -0.15) is 0 Å². The molecule has 1 saturated carbocycles. The molecule has 0 bridgehead atoms. The summed E-state index contributed by atoms with van der Waals surface area (Å²) in [6, 6.07) is 0. The first-order valence-electron chi connectivity index (χ1n) is 7.18. The van der Waals surface area contributed by atoms with E-state index in [-0.39, 0.29) is 35.4 Å². The Labute approximate surface area is 112 Å². The summed E-state index contributed by atoms with van der Waals surface area (Å²) >= 11 is 0. The van der Waals surface area contributed by atoms with Crippen molar-refractivity contribution in [3.05, 3.63) is 11.6 Å². The van der Waals surface area contributed by atoms with Crippen molar-refractivity contribution in [1.82, 2.24) is 0 Å². The molecule has 0 radical (unpaired) electrons. The van der Waals surface area contributed by atoms with Gasteiger partial charge in [-0.05, 0) is 26.7 Å². The van der Waals surface area contributed by atoms with Crippen molar-refractivity contribution in [2.24, 2.45) is 17.8 Å². The van der Waals surface area contributed by atoms with E-state index in [1.54, 1.807) is 0 Å². The maximum Gasteiger partial charge on any atom is 0.309 e. The monoisotopic (exact) mass is 264 g/mol. The largest absolute Gasteiger partial charge is 0.461 e. The zero-order chi connectivity index (χ0) is 13.6. The molecule has 4 rings (SSSR count).